The summed E-state index contributed by atoms with van der Waals surface area (Å²) in [4.78, 5) is 24.2. The number of nitrogens with zero attached hydrogens (tertiary/aromatic N) is 2. The second-order valence-electron chi connectivity index (χ2n) is 4.36. The fraction of sp³-hybridized carbons (Fsp3) is 0.0769. The number of carbonyl (C=O) groups is 2. The van der Waals surface area contributed by atoms with E-state index in [1.54, 1.807) is 0 Å². The molecule has 8 heteroatoms. The van der Waals surface area contributed by atoms with Gasteiger partial charge in [0.15, 0.2) is 5.69 Å². The average Bonchev–Trinajstić information content (AvgIpc) is 2.41. The van der Waals surface area contributed by atoms with Crippen LogP contribution in [-0.4, -0.2) is 21.9 Å². The number of ketones is 1. The maximum atomic E-state index is 13.8. The first-order chi connectivity index (χ1) is 9.99. The van der Waals surface area contributed by atoms with Gasteiger partial charge in [-0.25, -0.2) is 13.2 Å². The van der Waals surface area contributed by atoms with Crippen molar-refractivity contribution in [1.29, 1.82) is 0 Å². The Hall–Kier alpha value is -2.77. The van der Waals surface area contributed by atoms with Gasteiger partial charge >= 0.3 is 0 Å². The van der Waals surface area contributed by atoms with E-state index in [4.69, 9.17) is 0 Å². The Balaban J connectivity index is 2.17. The molecule has 0 saturated carbocycles. The van der Waals surface area contributed by atoms with Gasteiger partial charge in [-0.05, 0) is 6.07 Å². The van der Waals surface area contributed by atoms with Gasteiger partial charge in [-0.15, -0.1) is 5.10 Å². The van der Waals surface area contributed by atoms with Crippen molar-refractivity contribution >= 4 is 17.4 Å². The van der Waals surface area contributed by atoms with E-state index < -0.39 is 40.6 Å². The molecule has 1 aliphatic rings. The SMILES string of the molecule is O=C1Nc2ccnnc2C(=O)C1c1c(F)cc(F)cc1F. The molecule has 1 atom stereocenters. The molecule has 1 aliphatic heterocycles. The van der Waals surface area contributed by atoms with E-state index in [0.717, 1.165) is 0 Å². The molecule has 0 saturated heterocycles. The summed E-state index contributed by atoms with van der Waals surface area (Å²) >= 11 is 0. The van der Waals surface area contributed by atoms with E-state index in [0.29, 0.717) is 12.1 Å². The first kappa shape index (κ1) is 13.2. The Morgan fingerprint density at radius 2 is 1.76 bits per heavy atom. The largest absolute Gasteiger partial charge is 0.323 e. The molecule has 1 aromatic carbocycles. The first-order valence-electron chi connectivity index (χ1n) is 5.80. The first-order valence-corrected chi connectivity index (χ1v) is 5.80. The van der Waals surface area contributed by atoms with Crippen LogP contribution in [0.5, 0.6) is 0 Å². The zero-order chi connectivity index (χ0) is 15.1. The third-order valence-electron chi connectivity index (χ3n) is 3.07. The number of halogens is 3. The number of amides is 1. The molecule has 3 rings (SSSR count). The van der Waals surface area contributed by atoms with Crippen LogP contribution < -0.4 is 5.32 Å². The highest BCUT2D eigenvalue weighted by molar-refractivity contribution is 6.23. The zero-order valence-corrected chi connectivity index (χ0v) is 10.2. The van der Waals surface area contributed by atoms with Crippen LogP contribution in [0.3, 0.4) is 0 Å². The summed E-state index contributed by atoms with van der Waals surface area (Å²) in [5, 5.41) is 9.36. The monoisotopic (exact) mass is 293 g/mol. The predicted octanol–water partition coefficient (Wildman–Crippen LogP) is 1.81. The van der Waals surface area contributed by atoms with Crippen LogP contribution in [0.4, 0.5) is 18.9 Å². The Morgan fingerprint density at radius 3 is 2.43 bits per heavy atom. The fourth-order valence-electron chi connectivity index (χ4n) is 2.17. The molecule has 0 radical (unpaired) electrons. The summed E-state index contributed by atoms with van der Waals surface area (Å²) in [6.45, 7) is 0. The molecular formula is C13H6F3N3O2. The lowest BCUT2D eigenvalue weighted by Gasteiger charge is -2.22. The van der Waals surface area contributed by atoms with Crippen LogP contribution >= 0.6 is 0 Å². The highest BCUT2D eigenvalue weighted by Crippen LogP contribution is 2.32. The number of Topliss-reactive ketones (excluding diaryl/α,β-unsaturated/α-hetero) is 1. The van der Waals surface area contributed by atoms with Crippen LogP contribution in [-0.2, 0) is 4.79 Å². The highest BCUT2D eigenvalue weighted by atomic mass is 19.1. The molecule has 1 amide bonds. The minimum atomic E-state index is -1.77. The van der Waals surface area contributed by atoms with Crippen molar-refractivity contribution in [2.24, 2.45) is 0 Å². The van der Waals surface area contributed by atoms with Gasteiger partial charge in [0.05, 0.1) is 11.9 Å². The van der Waals surface area contributed by atoms with Crippen molar-refractivity contribution in [1.82, 2.24) is 10.2 Å². The Bertz CT molecular complexity index is 756. The van der Waals surface area contributed by atoms with Gasteiger partial charge in [-0.1, -0.05) is 0 Å². The molecule has 0 aliphatic carbocycles. The van der Waals surface area contributed by atoms with Crippen LogP contribution in [0.1, 0.15) is 22.0 Å². The summed E-state index contributed by atoms with van der Waals surface area (Å²) in [5.74, 6) is -7.34. The van der Waals surface area contributed by atoms with E-state index in [1.807, 2.05) is 0 Å². The highest BCUT2D eigenvalue weighted by Gasteiger charge is 2.40. The smallest absolute Gasteiger partial charge is 0.240 e. The topological polar surface area (TPSA) is 72.0 Å². The lowest BCUT2D eigenvalue weighted by molar-refractivity contribution is -0.116. The molecule has 2 aromatic rings. The van der Waals surface area contributed by atoms with Gasteiger partial charge in [0.2, 0.25) is 11.7 Å². The second-order valence-corrected chi connectivity index (χ2v) is 4.36. The number of hydrogen-bond acceptors (Lipinski definition) is 4. The van der Waals surface area contributed by atoms with Crippen molar-refractivity contribution in [3.8, 4) is 0 Å². The zero-order valence-electron chi connectivity index (χ0n) is 10.2. The molecule has 106 valence electrons. The summed E-state index contributed by atoms with van der Waals surface area (Å²) in [5.41, 5.74) is -0.903. The lowest BCUT2D eigenvalue weighted by atomic mass is 9.88. The van der Waals surface area contributed by atoms with Crippen LogP contribution in [0.25, 0.3) is 0 Å². The molecule has 0 fully saturated rings. The molecule has 1 aromatic heterocycles. The molecule has 5 nitrogen and oxygen atoms in total. The molecule has 0 spiro atoms. The van der Waals surface area contributed by atoms with E-state index in [2.05, 4.69) is 15.5 Å². The van der Waals surface area contributed by atoms with Gasteiger partial charge in [0.25, 0.3) is 0 Å². The summed E-state index contributed by atoms with van der Waals surface area (Å²) < 4.78 is 40.5. The maximum Gasteiger partial charge on any atom is 0.240 e. The molecular weight excluding hydrogens is 287 g/mol. The number of benzene rings is 1. The van der Waals surface area contributed by atoms with E-state index in [-0.39, 0.29) is 11.4 Å². The molecule has 1 unspecified atom stereocenters. The molecule has 0 bridgehead atoms. The quantitative estimate of drug-likeness (QED) is 0.814. The van der Waals surface area contributed by atoms with E-state index in [9.17, 15) is 22.8 Å². The van der Waals surface area contributed by atoms with Crippen molar-refractivity contribution in [2.75, 3.05) is 5.32 Å². The minimum absolute atomic E-state index is 0.110. The summed E-state index contributed by atoms with van der Waals surface area (Å²) in [7, 11) is 0. The van der Waals surface area contributed by atoms with Gasteiger partial charge in [-0.3, -0.25) is 9.59 Å². The Kier molecular flexibility index (Phi) is 2.93. The van der Waals surface area contributed by atoms with Crippen molar-refractivity contribution in [3.63, 3.8) is 0 Å². The summed E-state index contributed by atoms with van der Waals surface area (Å²) in [6.07, 6.45) is 1.26. The van der Waals surface area contributed by atoms with Crippen LogP contribution in [0, 0.1) is 17.5 Å². The third kappa shape index (κ3) is 2.04. The van der Waals surface area contributed by atoms with Gasteiger partial charge < -0.3 is 5.32 Å². The molecule has 21 heavy (non-hydrogen) atoms. The maximum absolute atomic E-state index is 13.8. The second kappa shape index (κ2) is 4.65. The van der Waals surface area contributed by atoms with Gasteiger partial charge in [-0.2, -0.15) is 5.10 Å². The number of hydrogen-bond donors (Lipinski definition) is 1. The number of nitrogens with one attached hydrogen (secondary N) is 1. The number of rotatable bonds is 1. The number of aromatic nitrogens is 2. The number of carbonyl (C=O) groups excluding carboxylic acids is 2. The normalized spacial score (nSPS) is 17.4. The van der Waals surface area contributed by atoms with Crippen molar-refractivity contribution in [2.45, 2.75) is 5.92 Å². The molecule has 2 heterocycles. The number of fused-ring (bicyclic) bond motifs is 1. The lowest BCUT2D eigenvalue weighted by Crippen LogP contribution is -2.35. The van der Waals surface area contributed by atoms with Crippen LogP contribution in [0.15, 0.2) is 24.4 Å². The Labute approximate surface area is 115 Å². The standard InChI is InChI=1S/C13H6F3N3O2/c14-5-3-6(15)9(7(16)4-5)10-12(20)11-8(18-13(10)21)1-2-17-19-11/h1-4,10H,(H,18,21). The van der Waals surface area contributed by atoms with E-state index in [1.165, 1.54) is 12.3 Å². The summed E-state index contributed by atoms with van der Waals surface area (Å²) in [6, 6.07) is 2.15. The Morgan fingerprint density at radius 1 is 1.10 bits per heavy atom. The molecule has 1 N–H and O–H groups in total. The average molecular weight is 293 g/mol. The van der Waals surface area contributed by atoms with Gasteiger partial charge in [0, 0.05) is 17.7 Å². The van der Waals surface area contributed by atoms with Crippen molar-refractivity contribution < 1.29 is 22.8 Å². The third-order valence-corrected chi connectivity index (χ3v) is 3.07. The van der Waals surface area contributed by atoms with E-state index >= 15 is 0 Å². The van der Waals surface area contributed by atoms with Gasteiger partial charge in [0.1, 0.15) is 23.4 Å². The predicted molar refractivity (Wildman–Crippen MR) is 64.0 cm³/mol. The van der Waals surface area contributed by atoms with Crippen LogP contribution in [0.2, 0.25) is 0 Å². The fourth-order valence-corrected chi connectivity index (χ4v) is 2.17. The minimum Gasteiger partial charge on any atom is -0.323 e. The number of anilines is 1. The van der Waals surface area contributed by atoms with Crippen molar-refractivity contribution in [3.05, 3.63) is 53.1 Å².